The Hall–Kier alpha value is -3.23. The van der Waals surface area contributed by atoms with Gasteiger partial charge < -0.3 is 14.7 Å². The largest absolute Gasteiger partial charge is 0.486 e. The van der Waals surface area contributed by atoms with E-state index in [1.54, 1.807) is 13.8 Å². The summed E-state index contributed by atoms with van der Waals surface area (Å²) in [7, 11) is -6.85. The van der Waals surface area contributed by atoms with Crippen LogP contribution in [0.3, 0.4) is 0 Å². The number of benzene rings is 3. The molecule has 0 radical (unpaired) electrons. The van der Waals surface area contributed by atoms with Crippen LogP contribution in [0.4, 0.5) is 10.1 Å². The van der Waals surface area contributed by atoms with Crippen molar-refractivity contribution in [3.8, 4) is 5.75 Å². The topological polar surface area (TPSA) is 133 Å². The summed E-state index contributed by atoms with van der Waals surface area (Å²) >= 11 is 5.91. The van der Waals surface area contributed by atoms with E-state index in [2.05, 4.69) is 4.72 Å². The number of likely N-dealkylation sites (N-methyl/N-ethyl adjacent to an activating group) is 1. The molecule has 0 unspecified atom stereocenters. The Labute approximate surface area is 249 Å². The monoisotopic (exact) mass is 639 g/mol. The molecule has 4 rings (SSSR count). The third kappa shape index (κ3) is 6.70. The summed E-state index contributed by atoms with van der Waals surface area (Å²) in [5.74, 6) is -1.62. The molecule has 1 amide bonds. The first kappa shape index (κ1) is 31.7. The molecule has 2 N–H and O–H groups in total. The molecular weight excluding hydrogens is 609 g/mol. The zero-order chi connectivity index (χ0) is 30.8. The minimum atomic E-state index is -4.14. The van der Waals surface area contributed by atoms with Crippen LogP contribution in [-0.2, 0) is 20.0 Å². The SMILES string of the molecule is C[C@H]1CN([C@@H](C)CO)C(=O)c2cccc(NS(=O)(=O)c3ccc(Cl)cc3)c2O[C@H]1CN(C)S(=O)(=O)c1ccc(F)cc1. The molecular formula is C28H31ClFN3O7S2. The zero-order valence-corrected chi connectivity index (χ0v) is 25.5. The fourth-order valence-electron chi connectivity index (χ4n) is 4.50. The number of carbonyl (C=O) groups is 1. The van der Waals surface area contributed by atoms with Crippen LogP contribution in [0.15, 0.2) is 76.5 Å². The molecule has 0 aliphatic carbocycles. The summed E-state index contributed by atoms with van der Waals surface area (Å²) in [6.07, 6.45) is -0.869. The number of carbonyl (C=O) groups excluding carboxylic acids is 1. The quantitative estimate of drug-likeness (QED) is 0.364. The molecule has 3 aromatic rings. The summed E-state index contributed by atoms with van der Waals surface area (Å²) in [5.41, 5.74) is 0.00287. The lowest BCUT2D eigenvalue weighted by Gasteiger charge is -2.38. The van der Waals surface area contributed by atoms with Gasteiger partial charge in [0.05, 0.1) is 40.2 Å². The second kappa shape index (κ2) is 12.6. The van der Waals surface area contributed by atoms with Crippen LogP contribution in [0.2, 0.25) is 5.02 Å². The summed E-state index contributed by atoms with van der Waals surface area (Å²) < 4.78 is 76.3. The minimum Gasteiger partial charge on any atom is -0.486 e. The van der Waals surface area contributed by atoms with Crippen LogP contribution < -0.4 is 9.46 Å². The molecule has 0 spiro atoms. The number of hydrogen-bond donors (Lipinski definition) is 2. The van der Waals surface area contributed by atoms with E-state index in [1.165, 1.54) is 54.4 Å². The van der Waals surface area contributed by atoms with Crippen LogP contribution in [0.25, 0.3) is 0 Å². The molecule has 226 valence electrons. The van der Waals surface area contributed by atoms with Crippen molar-refractivity contribution in [2.45, 2.75) is 35.8 Å². The third-order valence-electron chi connectivity index (χ3n) is 7.02. The molecule has 10 nitrogen and oxygen atoms in total. The number of halogens is 2. The predicted octanol–water partition coefficient (Wildman–Crippen LogP) is 3.82. The molecule has 42 heavy (non-hydrogen) atoms. The summed E-state index contributed by atoms with van der Waals surface area (Å²) in [4.78, 5) is 14.9. The van der Waals surface area contributed by atoms with Gasteiger partial charge in [-0.05, 0) is 67.6 Å². The predicted molar refractivity (Wildman–Crippen MR) is 156 cm³/mol. The molecule has 0 aromatic heterocycles. The summed E-state index contributed by atoms with van der Waals surface area (Å²) in [5, 5.41) is 10.2. The normalized spacial score (nSPS) is 18.5. The van der Waals surface area contributed by atoms with Gasteiger partial charge in [-0.1, -0.05) is 24.6 Å². The highest BCUT2D eigenvalue weighted by Crippen LogP contribution is 2.36. The lowest BCUT2D eigenvalue weighted by molar-refractivity contribution is 0.0389. The molecule has 3 atom stereocenters. The molecule has 1 heterocycles. The van der Waals surface area contributed by atoms with Crippen LogP contribution >= 0.6 is 11.6 Å². The van der Waals surface area contributed by atoms with Crippen molar-refractivity contribution < 1.29 is 35.9 Å². The van der Waals surface area contributed by atoms with Crippen molar-refractivity contribution in [1.29, 1.82) is 0 Å². The van der Waals surface area contributed by atoms with E-state index in [0.29, 0.717) is 5.02 Å². The Bertz CT molecular complexity index is 1650. The van der Waals surface area contributed by atoms with E-state index in [9.17, 15) is 31.1 Å². The number of nitrogens with one attached hydrogen (secondary N) is 1. The third-order valence-corrected chi connectivity index (χ3v) is 10.5. The standard InChI is InChI=1S/C28H31ClFN3O7S2/c1-18-15-33(19(2)17-34)28(35)24-5-4-6-25(31-41(36,37)22-11-7-20(29)8-12-22)27(24)40-26(18)16-32(3)42(38,39)23-13-9-21(30)10-14-23/h4-14,18-19,26,31,34H,15-17H2,1-3H3/t18-,19-,26-/m0/s1. The second-order valence-corrected chi connectivity index (χ2v) is 14.3. The zero-order valence-electron chi connectivity index (χ0n) is 23.1. The smallest absolute Gasteiger partial charge is 0.262 e. The van der Waals surface area contributed by atoms with Gasteiger partial charge >= 0.3 is 0 Å². The number of ether oxygens (including phenoxy) is 1. The number of amides is 1. The van der Waals surface area contributed by atoms with Gasteiger partial charge in [-0.3, -0.25) is 9.52 Å². The van der Waals surface area contributed by atoms with Crippen molar-refractivity contribution in [3.63, 3.8) is 0 Å². The number of hydrogen-bond acceptors (Lipinski definition) is 7. The Morgan fingerprint density at radius 3 is 2.31 bits per heavy atom. The van der Waals surface area contributed by atoms with E-state index in [4.69, 9.17) is 16.3 Å². The van der Waals surface area contributed by atoms with E-state index in [1.807, 2.05) is 0 Å². The Balaban J connectivity index is 1.76. The lowest BCUT2D eigenvalue weighted by atomic mass is 9.99. The number of aliphatic hydroxyl groups excluding tert-OH is 1. The first-order valence-corrected chi connectivity index (χ1v) is 16.3. The van der Waals surface area contributed by atoms with E-state index in [-0.39, 0.29) is 46.5 Å². The number of fused-ring (bicyclic) bond motifs is 1. The number of nitrogens with zero attached hydrogens (tertiary/aromatic N) is 2. The maximum atomic E-state index is 13.7. The molecule has 0 bridgehead atoms. The molecule has 14 heteroatoms. The number of aliphatic hydroxyl groups is 1. The summed E-state index contributed by atoms with van der Waals surface area (Å²) in [6, 6.07) is 13.7. The number of anilines is 1. The van der Waals surface area contributed by atoms with Gasteiger partial charge in [0.2, 0.25) is 10.0 Å². The van der Waals surface area contributed by atoms with Gasteiger partial charge in [-0.2, -0.15) is 4.31 Å². The minimum absolute atomic E-state index is 0.0319. The van der Waals surface area contributed by atoms with Gasteiger partial charge in [0, 0.05) is 24.5 Å². The van der Waals surface area contributed by atoms with Crippen molar-refractivity contribution in [1.82, 2.24) is 9.21 Å². The van der Waals surface area contributed by atoms with Crippen molar-refractivity contribution in [3.05, 3.63) is 83.1 Å². The van der Waals surface area contributed by atoms with E-state index < -0.39 is 49.8 Å². The fraction of sp³-hybridized carbons (Fsp3) is 0.321. The molecule has 1 aliphatic heterocycles. The highest BCUT2D eigenvalue weighted by molar-refractivity contribution is 7.92. The maximum absolute atomic E-state index is 13.7. The molecule has 0 saturated heterocycles. The van der Waals surface area contributed by atoms with Gasteiger partial charge in [0.15, 0.2) is 5.75 Å². The molecule has 1 aliphatic rings. The fourth-order valence-corrected chi connectivity index (χ4v) is 6.87. The van der Waals surface area contributed by atoms with E-state index >= 15 is 0 Å². The van der Waals surface area contributed by atoms with Crippen LogP contribution in [0.1, 0.15) is 24.2 Å². The average molecular weight is 640 g/mol. The van der Waals surface area contributed by atoms with E-state index in [0.717, 1.165) is 28.6 Å². The number of sulfonamides is 2. The van der Waals surface area contributed by atoms with Gasteiger partial charge in [0.1, 0.15) is 11.9 Å². The molecule has 0 fully saturated rings. The Morgan fingerprint density at radius 1 is 1.07 bits per heavy atom. The van der Waals surface area contributed by atoms with Gasteiger partial charge in [0.25, 0.3) is 15.9 Å². The summed E-state index contributed by atoms with van der Waals surface area (Å²) in [6.45, 7) is 3.03. The van der Waals surface area contributed by atoms with Crippen LogP contribution in [0, 0.1) is 11.7 Å². The second-order valence-electron chi connectivity index (χ2n) is 10.1. The Morgan fingerprint density at radius 2 is 1.69 bits per heavy atom. The number of para-hydroxylation sites is 1. The van der Waals surface area contributed by atoms with Gasteiger partial charge in [-0.25, -0.2) is 21.2 Å². The highest BCUT2D eigenvalue weighted by atomic mass is 35.5. The van der Waals surface area contributed by atoms with Crippen molar-refractivity contribution in [2.75, 3.05) is 31.5 Å². The highest BCUT2D eigenvalue weighted by Gasteiger charge is 2.36. The number of rotatable bonds is 9. The van der Waals surface area contributed by atoms with Crippen molar-refractivity contribution >= 4 is 43.2 Å². The Kier molecular flexibility index (Phi) is 9.48. The van der Waals surface area contributed by atoms with Gasteiger partial charge in [-0.15, -0.1) is 0 Å². The maximum Gasteiger partial charge on any atom is 0.262 e. The average Bonchev–Trinajstić information content (AvgIpc) is 2.95. The lowest BCUT2D eigenvalue weighted by Crippen LogP contribution is -2.50. The molecule has 3 aromatic carbocycles. The van der Waals surface area contributed by atoms with Crippen LogP contribution in [0.5, 0.6) is 5.75 Å². The van der Waals surface area contributed by atoms with Crippen LogP contribution in [-0.4, -0.2) is 75.9 Å². The molecule has 0 saturated carbocycles. The van der Waals surface area contributed by atoms with Crippen molar-refractivity contribution in [2.24, 2.45) is 5.92 Å². The first-order chi connectivity index (χ1) is 19.7. The first-order valence-electron chi connectivity index (χ1n) is 13.0.